The number of carbonyl (C=O) groups excluding carboxylic acids is 1. The quantitative estimate of drug-likeness (QED) is 0.748. The number of amides is 1. The smallest absolute Gasteiger partial charge is 0.231 e. The van der Waals surface area contributed by atoms with Gasteiger partial charge in [-0.1, -0.05) is 23.5 Å². The second kappa shape index (κ2) is 6.72. The first kappa shape index (κ1) is 16.5. The summed E-state index contributed by atoms with van der Waals surface area (Å²) in [5.41, 5.74) is 2.02. The number of hydrogen-bond donors (Lipinski definition) is 1. The van der Waals surface area contributed by atoms with Crippen LogP contribution in [-0.2, 0) is 4.79 Å². The van der Waals surface area contributed by atoms with E-state index in [0.717, 1.165) is 47.2 Å². The molecule has 130 valence electrons. The Bertz CT molecular complexity index is 864. The molecule has 0 spiro atoms. The van der Waals surface area contributed by atoms with E-state index in [-0.39, 0.29) is 11.8 Å². The molecular formula is C18H20N4OS2. The number of aryl methyl sites for hydroxylation is 2. The Labute approximate surface area is 154 Å². The van der Waals surface area contributed by atoms with Crippen molar-refractivity contribution >= 4 is 49.1 Å². The van der Waals surface area contributed by atoms with Gasteiger partial charge in [-0.05, 0) is 38.8 Å². The average Bonchev–Trinajstić information content (AvgIpc) is 3.18. The highest BCUT2D eigenvalue weighted by molar-refractivity contribution is 7.22. The summed E-state index contributed by atoms with van der Waals surface area (Å²) in [6.07, 6.45) is 1.92. The topological polar surface area (TPSA) is 58.1 Å². The molecule has 1 N–H and O–H groups in total. The van der Waals surface area contributed by atoms with E-state index in [1.54, 1.807) is 11.3 Å². The second-order valence-corrected chi connectivity index (χ2v) is 8.61. The van der Waals surface area contributed by atoms with E-state index in [1.165, 1.54) is 16.0 Å². The molecule has 3 heterocycles. The molecule has 0 aliphatic carbocycles. The lowest BCUT2D eigenvalue weighted by atomic mass is 9.97. The van der Waals surface area contributed by atoms with Crippen molar-refractivity contribution in [2.24, 2.45) is 5.92 Å². The molecule has 1 atom stereocenters. The van der Waals surface area contributed by atoms with Gasteiger partial charge in [0.25, 0.3) is 0 Å². The number of nitrogens with zero attached hydrogens (tertiary/aromatic N) is 3. The van der Waals surface area contributed by atoms with Gasteiger partial charge >= 0.3 is 0 Å². The lowest BCUT2D eigenvalue weighted by Gasteiger charge is -2.31. The monoisotopic (exact) mass is 372 g/mol. The minimum atomic E-state index is -0.0229. The molecular weight excluding hydrogens is 352 g/mol. The maximum atomic E-state index is 12.6. The van der Waals surface area contributed by atoms with Crippen LogP contribution in [0.2, 0.25) is 0 Å². The third-order valence-corrected chi connectivity index (χ3v) is 6.69. The van der Waals surface area contributed by atoms with Crippen LogP contribution in [0.5, 0.6) is 0 Å². The molecule has 0 unspecified atom stereocenters. The fraction of sp³-hybridized carbons (Fsp3) is 0.389. The van der Waals surface area contributed by atoms with E-state index in [9.17, 15) is 4.79 Å². The standard InChI is InChI=1S/C18H20N4OS2/c1-11-12(2)24-17(19-11)21-16(23)13-6-5-9-22(10-13)18-20-14-7-3-4-8-15(14)25-18/h3-4,7-8,13H,5-6,9-10H2,1-2H3,(H,19,21,23)/t13-/m0/s1. The summed E-state index contributed by atoms with van der Waals surface area (Å²) in [6, 6.07) is 8.18. The zero-order valence-corrected chi connectivity index (χ0v) is 15.9. The Morgan fingerprint density at radius 2 is 2.08 bits per heavy atom. The predicted octanol–water partition coefficient (Wildman–Crippen LogP) is 4.22. The van der Waals surface area contributed by atoms with Crippen LogP contribution in [0, 0.1) is 19.8 Å². The lowest BCUT2D eigenvalue weighted by molar-refractivity contribution is -0.120. The third kappa shape index (κ3) is 3.39. The Morgan fingerprint density at radius 1 is 1.24 bits per heavy atom. The van der Waals surface area contributed by atoms with Crippen molar-refractivity contribution in [2.45, 2.75) is 26.7 Å². The highest BCUT2D eigenvalue weighted by atomic mass is 32.1. The minimum absolute atomic E-state index is 0.0229. The largest absolute Gasteiger partial charge is 0.347 e. The van der Waals surface area contributed by atoms with Gasteiger partial charge in [-0.15, -0.1) is 11.3 Å². The SMILES string of the molecule is Cc1nc(NC(=O)[C@H]2CCCN(c3nc4ccccc4s3)C2)sc1C. The summed E-state index contributed by atoms with van der Waals surface area (Å²) in [5.74, 6) is 0.0461. The molecule has 1 amide bonds. The van der Waals surface area contributed by atoms with Gasteiger partial charge in [-0.3, -0.25) is 4.79 Å². The summed E-state index contributed by atoms with van der Waals surface area (Å²) in [7, 11) is 0. The van der Waals surface area contributed by atoms with Gasteiger partial charge in [0, 0.05) is 18.0 Å². The molecule has 4 rings (SSSR count). The van der Waals surface area contributed by atoms with Crippen molar-refractivity contribution in [1.82, 2.24) is 9.97 Å². The number of fused-ring (bicyclic) bond motifs is 1. The Kier molecular flexibility index (Phi) is 4.43. The molecule has 0 saturated carbocycles. The number of thiazole rings is 2. The van der Waals surface area contributed by atoms with E-state index in [1.807, 2.05) is 32.0 Å². The molecule has 3 aromatic rings. The summed E-state index contributed by atoms with van der Waals surface area (Å²) < 4.78 is 1.19. The zero-order valence-electron chi connectivity index (χ0n) is 14.3. The van der Waals surface area contributed by atoms with Crippen LogP contribution >= 0.6 is 22.7 Å². The highest BCUT2D eigenvalue weighted by Gasteiger charge is 2.28. The van der Waals surface area contributed by atoms with E-state index in [4.69, 9.17) is 4.98 Å². The van der Waals surface area contributed by atoms with Crippen LogP contribution in [0.3, 0.4) is 0 Å². The van der Waals surface area contributed by atoms with Crippen LogP contribution < -0.4 is 10.2 Å². The first-order valence-electron chi connectivity index (χ1n) is 8.45. The zero-order chi connectivity index (χ0) is 17.4. The van der Waals surface area contributed by atoms with Crippen LogP contribution in [0.25, 0.3) is 10.2 Å². The van der Waals surface area contributed by atoms with Crippen LogP contribution in [0.15, 0.2) is 24.3 Å². The Hall–Kier alpha value is -1.99. The number of hydrogen-bond acceptors (Lipinski definition) is 6. The fourth-order valence-corrected chi connectivity index (χ4v) is 4.91. The fourth-order valence-electron chi connectivity index (χ4n) is 3.09. The van der Waals surface area contributed by atoms with Gasteiger partial charge < -0.3 is 10.2 Å². The maximum Gasteiger partial charge on any atom is 0.231 e. The van der Waals surface area contributed by atoms with E-state index in [0.29, 0.717) is 5.13 Å². The second-order valence-electron chi connectivity index (χ2n) is 6.40. The number of anilines is 2. The average molecular weight is 373 g/mol. The number of benzene rings is 1. The molecule has 1 aliphatic heterocycles. The summed E-state index contributed by atoms with van der Waals surface area (Å²) in [4.78, 5) is 25.2. The number of rotatable bonds is 3. The van der Waals surface area contributed by atoms with E-state index in [2.05, 4.69) is 21.3 Å². The summed E-state index contributed by atoms with van der Waals surface area (Å²) in [6.45, 7) is 5.67. The highest BCUT2D eigenvalue weighted by Crippen LogP contribution is 2.32. The van der Waals surface area contributed by atoms with Crippen LogP contribution in [0.4, 0.5) is 10.3 Å². The van der Waals surface area contributed by atoms with Crippen LogP contribution in [-0.4, -0.2) is 29.0 Å². The van der Waals surface area contributed by atoms with Gasteiger partial charge in [0.15, 0.2) is 10.3 Å². The third-order valence-electron chi connectivity index (χ3n) is 4.60. The van der Waals surface area contributed by atoms with E-state index >= 15 is 0 Å². The van der Waals surface area contributed by atoms with Gasteiger partial charge in [0.1, 0.15) is 0 Å². The molecule has 7 heteroatoms. The van der Waals surface area contributed by atoms with Crippen molar-refractivity contribution in [2.75, 3.05) is 23.3 Å². The predicted molar refractivity (Wildman–Crippen MR) is 105 cm³/mol. The van der Waals surface area contributed by atoms with Gasteiger partial charge in [-0.2, -0.15) is 0 Å². The maximum absolute atomic E-state index is 12.6. The summed E-state index contributed by atoms with van der Waals surface area (Å²) >= 11 is 3.24. The molecule has 1 fully saturated rings. The summed E-state index contributed by atoms with van der Waals surface area (Å²) in [5, 5.41) is 4.72. The molecule has 1 aliphatic rings. The van der Waals surface area contributed by atoms with Crippen molar-refractivity contribution in [3.8, 4) is 0 Å². The normalized spacial score (nSPS) is 17.8. The molecule has 1 saturated heterocycles. The van der Waals surface area contributed by atoms with Crippen molar-refractivity contribution in [3.05, 3.63) is 34.8 Å². The Morgan fingerprint density at radius 3 is 2.84 bits per heavy atom. The molecule has 0 radical (unpaired) electrons. The lowest BCUT2D eigenvalue weighted by Crippen LogP contribution is -2.40. The van der Waals surface area contributed by atoms with Crippen molar-refractivity contribution in [1.29, 1.82) is 0 Å². The number of para-hydroxylation sites is 1. The van der Waals surface area contributed by atoms with Gasteiger partial charge in [-0.25, -0.2) is 9.97 Å². The molecule has 25 heavy (non-hydrogen) atoms. The van der Waals surface area contributed by atoms with Crippen molar-refractivity contribution < 1.29 is 4.79 Å². The number of carbonyl (C=O) groups is 1. The van der Waals surface area contributed by atoms with Gasteiger partial charge in [0.2, 0.25) is 5.91 Å². The minimum Gasteiger partial charge on any atom is -0.347 e. The number of piperidine rings is 1. The molecule has 1 aromatic carbocycles. The molecule has 2 aromatic heterocycles. The Balaban J connectivity index is 1.47. The number of aromatic nitrogens is 2. The van der Waals surface area contributed by atoms with Crippen LogP contribution in [0.1, 0.15) is 23.4 Å². The van der Waals surface area contributed by atoms with E-state index < -0.39 is 0 Å². The van der Waals surface area contributed by atoms with Crippen molar-refractivity contribution in [3.63, 3.8) is 0 Å². The molecule has 5 nitrogen and oxygen atoms in total. The first-order valence-corrected chi connectivity index (χ1v) is 10.1. The molecule has 0 bridgehead atoms. The number of nitrogens with one attached hydrogen (secondary N) is 1. The van der Waals surface area contributed by atoms with Gasteiger partial charge in [0.05, 0.1) is 21.8 Å². The first-order chi connectivity index (χ1) is 12.1.